The highest BCUT2D eigenvalue weighted by atomic mass is 35.5. The molecule has 0 spiro atoms. The lowest BCUT2D eigenvalue weighted by molar-refractivity contribution is -0.199. The molecule has 32 nitrogen and oxygen atoms in total. The Balaban J connectivity index is 0.000000131. The molecule has 8 aromatic heterocycles. The number of aromatic amines is 2. The quantitative estimate of drug-likeness (QED) is 0.0445. The molecule has 604 valence electrons. The molecule has 2 saturated carbocycles. The van der Waals surface area contributed by atoms with Crippen LogP contribution in [0.3, 0.4) is 0 Å². The van der Waals surface area contributed by atoms with Gasteiger partial charge in [0.25, 0.3) is 0 Å². The Morgan fingerprint density at radius 1 is 0.536 bits per heavy atom. The van der Waals surface area contributed by atoms with Crippen molar-refractivity contribution in [2.75, 3.05) is 36.8 Å². The first-order valence-electron chi connectivity index (χ1n) is 39.1. The van der Waals surface area contributed by atoms with Crippen molar-refractivity contribution < 1.29 is 47.4 Å². The second kappa shape index (κ2) is 31.3. The Bertz CT molecular complexity index is 4970. The molecule has 18 rings (SSSR count). The zero-order valence-electron chi connectivity index (χ0n) is 67.0. The van der Waals surface area contributed by atoms with Gasteiger partial charge in [-0.3, -0.25) is 23.4 Å². The predicted molar refractivity (Wildman–Crippen MR) is 424 cm³/mol. The van der Waals surface area contributed by atoms with Gasteiger partial charge in [0.05, 0.1) is 41.0 Å². The second-order valence-electron chi connectivity index (χ2n) is 34.9. The highest BCUT2D eigenvalue weighted by Crippen LogP contribution is 2.48. The standard InChI is InChI=1S/C33H46N8O3.C17H22N2O.C16H24N6O3.C13H18N6O3.ClH/c1-18(2)40(21-12-19(13-21)8-11-25-38-22-10-9-20(32(3,4)5)14-23(22)39-25)15-24-27-28(44-33(6,7)43-27)31(42-24)41-17-37-26-29(34)35-16-36-30(26)41;1-17(2,3)12-5-6-14-15(10-12)19-16(18-14)7-4-11-8-13(20)9-11;1-8(2)18-5-9-11-12(25-16(3,4)24-11)15(23-9)22-7-21-10-13(17)19-6-20-14(10)22;1-13(2)21-8-6(3-14)20-12(9(8)22-13)19-5-18-7-10(15)16-4-17-11(7)19;/h9-10,14,16-19,21,24,27-28,31H,8,11-13,15H2,1-7H3,(H,38,39)(H2,34,35,36);5-6,10-11H,4,7-9H2,1-3H3,(H,18,19);6-9,11-12,15,18H,5H2,1-4H3,(H2,17,19,20);4-6,8-9,12H,3,14H2,1-2H3,(H2,15,16,17);1H/t19?,21?,24-,27-,28?,31?;;9-,11-,12?,15?;6-,8-,9?,12?;/m1.11./s1. The summed E-state index contributed by atoms with van der Waals surface area (Å²) in [6, 6.07) is 14.3. The SMILES string of the molecule is CC(C)(C)c1ccc2nc(CCC3CC(=O)C3)[nH]c2c1.CC(C)N(C[C@H]1OC(n2cnc3c(N)ncnc32)C2OC(C)(C)O[C@@H]21)C1CC(CCc2nc3ccc(C(C)(C)C)cc3[nH]2)C1.CC(C)NC[C@H]1OC(n2cnc3c(N)ncnc32)C2OC(C)(C)O[C@@H]21.CC1(C)OC2C(n3cnc4c(N)ncnc43)O[C@H](CN)[C@H]2O1.Cl. The van der Waals surface area contributed by atoms with Crippen LogP contribution in [0.2, 0.25) is 0 Å². The van der Waals surface area contributed by atoms with Crippen LogP contribution in [0.1, 0.15) is 191 Å². The van der Waals surface area contributed by atoms with Crippen LogP contribution in [0.4, 0.5) is 17.5 Å². The Labute approximate surface area is 657 Å². The number of H-pyrrole nitrogens is 2. The largest absolute Gasteiger partial charge is 0.382 e. The summed E-state index contributed by atoms with van der Waals surface area (Å²) < 4.78 is 61.6. The van der Waals surface area contributed by atoms with Crippen molar-refractivity contribution in [3.63, 3.8) is 0 Å². The number of carbonyl (C=O) groups is 1. The molecule has 6 aliphatic heterocycles. The van der Waals surface area contributed by atoms with Crippen LogP contribution >= 0.6 is 12.4 Å². The third-order valence-electron chi connectivity index (χ3n) is 22.5. The predicted octanol–water partition coefficient (Wildman–Crippen LogP) is 9.92. The highest BCUT2D eigenvalue weighted by molar-refractivity contribution is 5.86. The number of Topliss-reactive ketones (excluding diaryl/α,β-unsaturated/α-hetero) is 1. The van der Waals surface area contributed by atoms with Crippen LogP contribution in [-0.2, 0) is 71.1 Å². The minimum atomic E-state index is -0.699. The van der Waals surface area contributed by atoms with E-state index < -0.39 is 29.8 Å². The van der Waals surface area contributed by atoms with Gasteiger partial charge in [-0.05, 0) is 139 Å². The minimum absolute atomic E-state index is 0. The molecule has 33 heteroatoms. The normalized spacial score (nSPS) is 27.6. The van der Waals surface area contributed by atoms with E-state index in [0.717, 1.165) is 78.8 Å². The number of hydrogen-bond donors (Lipinski definition) is 7. The maximum absolute atomic E-state index is 11.0. The number of nitrogen functional groups attached to an aromatic ring is 3. The van der Waals surface area contributed by atoms with E-state index in [1.54, 1.807) is 23.5 Å². The molecule has 0 radical (unpaired) electrons. The third kappa shape index (κ3) is 16.6. The number of imidazole rings is 5. The summed E-state index contributed by atoms with van der Waals surface area (Å²) in [5, 5.41) is 3.41. The fourth-order valence-electron chi connectivity index (χ4n) is 16.6. The number of benzene rings is 2. The van der Waals surface area contributed by atoms with Crippen LogP contribution in [0.25, 0.3) is 55.6 Å². The first-order chi connectivity index (χ1) is 52.6. The van der Waals surface area contributed by atoms with Crippen LogP contribution in [0.15, 0.2) is 74.4 Å². The van der Waals surface area contributed by atoms with Gasteiger partial charge in [-0.1, -0.05) is 67.5 Å². The Hall–Kier alpha value is -8.09. The summed E-state index contributed by atoms with van der Waals surface area (Å²) in [6.45, 7) is 35.5. The Morgan fingerprint density at radius 3 is 1.31 bits per heavy atom. The summed E-state index contributed by atoms with van der Waals surface area (Å²) in [5.41, 5.74) is 34.4. The molecular weight excluding hydrogens is 1450 g/mol. The Kier molecular flexibility index (Phi) is 22.5. The van der Waals surface area contributed by atoms with Crippen LogP contribution in [-0.4, -0.2) is 199 Å². The number of ether oxygens (including phenoxy) is 9. The van der Waals surface area contributed by atoms with Gasteiger partial charge in [0.2, 0.25) is 0 Å². The molecule has 0 bridgehead atoms. The molecule has 0 amide bonds. The first kappa shape index (κ1) is 80.5. The lowest BCUT2D eigenvalue weighted by Crippen LogP contribution is -2.52. The summed E-state index contributed by atoms with van der Waals surface area (Å²) in [7, 11) is 0. The van der Waals surface area contributed by atoms with Crippen molar-refractivity contribution in [2.45, 2.75) is 282 Å². The number of fused-ring (bicyclic) bond motifs is 8. The topological polar surface area (TPSA) is 408 Å². The molecule has 2 aliphatic carbocycles. The number of nitrogens with two attached hydrogens (primary N) is 4. The van der Waals surface area contributed by atoms with E-state index in [9.17, 15) is 4.79 Å². The lowest BCUT2D eigenvalue weighted by atomic mass is 9.76. The minimum Gasteiger partial charge on any atom is -0.382 e. The number of nitrogens with zero attached hydrogens (tertiary/aromatic N) is 15. The van der Waals surface area contributed by atoms with Gasteiger partial charge in [0.1, 0.15) is 108 Å². The number of rotatable bonds is 17. The van der Waals surface area contributed by atoms with Gasteiger partial charge in [-0.25, -0.2) is 54.8 Å². The van der Waals surface area contributed by atoms with Crippen LogP contribution < -0.4 is 28.3 Å². The van der Waals surface area contributed by atoms with E-state index in [-0.39, 0.29) is 84.4 Å². The Morgan fingerprint density at radius 2 is 0.920 bits per heavy atom. The van der Waals surface area contributed by atoms with Crippen LogP contribution in [0.5, 0.6) is 0 Å². The maximum atomic E-state index is 11.0. The molecule has 6 saturated heterocycles. The molecule has 12 atom stereocenters. The number of aromatic nitrogens is 16. The monoisotopic (exact) mass is 1560 g/mol. The van der Waals surface area contributed by atoms with E-state index in [1.165, 1.54) is 43.0 Å². The summed E-state index contributed by atoms with van der Waals surface area (Å²) in [4.78, 5) is 68.2. The number of carbonyl (C=O) groups excluding carboxylic acids is 1. The highest BCUT2D eigenvalue weighted by Gasteiger charge is 2.59. The zero-order chi connectivity index (χ0) is 78.5. The molecule has 6 unspecified atom stereocenters. The van der Waals surface area contributed by atoms with E-state index in [4.69, 9.17) is 70.6 Å². The van der Waals surface area contributed by atoms with Gasteiger partial charge in [-0.15, -0.1) is 12.4 Å². The van der Waals surface area contributed by atoms with Crippen molar-refractivity contribution in [3.05, 3.63) is 97.1 Å². The number of anilines is 3. The van der Waals surface area contributed by atoms with E-state index >= 15 is 0 Å². The number of ketones is 1. The molecular formula is C79H111ClN22O10. The smallest absolute Gasteiger partial charge is 0.167 e. The summed E-state index contributed by atoms with van der Waals surface area (Å²) in [6.07, 6.45) is 14.2. The fraction of sp³-hybridized carbons (Fsp3) is 0.620. The molecule has 8 fully saturated rings. The summed E-state index contributed by atoms with van der Waals surface area (Å²) >= 11 is 0. The lowest BCUT2D eigenvalue weighted by Gasteiger charge is -2.46. The first-order valence-corrected chi connectivity index (χ1v) is 39.1. The number of nitrogens with one attached hydrogen (secondary N) is 3. The zero-order valence-corrected chi connectivity index (χ0v) is 67.8. The van der Waals surface area contributed by atoms with Gasteiger partial charge < -0.3 is 80.9 Å². The fourth-order valence-corrected chi connectivity index (χ4v) is 16.6. The molecule has 8 aliphatic rings. The number of aryl methyl sites for hydroxylation is 2. The van der Waals surface area contributed by atoms with Gasteiger partial charge >= 0.3 is 0 Å². The second-order valence-corrected chi connectivity index (χ2v) is 34.9. The van der Waals surface area contributed by atoms with Crippen molar-refractivity contribution in [2.24, 2.45) is 17.6 Å². The number of halogens is 1. The molecule has 14 heterocycles. The average molecular weight is 1560 g/mol. The van der Waals surface area contributed by atoms with E-state index in [0.29, 0.717) is 99.8 Å². The third-order valence-corrected chi connectivity index (χ3v) is 22.5. The van der Waals surface area contributed by atoms with Crippen molar-refractivity contribution >= 4 is 91.2 Å². The van der Waals surface area contributed by atoms with E-state index in [2.05, 4.69) is 176 Å². The van der Waals surface area contributed by atoms with E-state index in [1.807, 2.05) is 50.7 Å². The maximum Gasteiger partial charge on any atom is 0.167 e. The van der Waals surface area contributed by atoms with Gasteiger partial charge in [0, 0.05) is 63.4 Å². The molecule has 2 aromatic carbocycles. The van der Waals surface area contributed by atoms with Crippen molar-refractivity contribution in [3.8, 4) is 0 Å². The van der Waals surface area contributed by atoms with Gasteiger partial charge in [-0.2, -0.15) is 0 Å². The summed E-state index contributed by atoms with van der Waals surface area (Å²) in [5.74, 6) is 2.83. The molecule has 112 heavy (non-hydrogen) atoms. The molecule has 10 aromatic rings. The molecule has 11 N–H and O–H groups in total. The van der Waals surface area contributed by atoms with Crippen LogP contribution in [0, 0.1) is 11.8 Å². The number of hydrogen-bond acceptors (Lipinski definition) is 27. The average Bonchev–Trinajstić information content (AvgIpc) is 1.59. The van der Waals surface area contributed by atoms with Crippen molar-refractivity contribution in [1.82, 2.24) is 88.7 Å². The van der Waals surface area contributed by atoms with Crippen molar-refractivity contribution in [1.29, 1.82) is 0 Å². The van der Waals surface area contributed by atoms with Gasteiger partial charge in [0.15, 0.2) is 70.4 Å².